The Morgan fingerprint density at radius 3 is 1.65 bits per heavy atom. The van der Waals surface area contributed by atoms with Gasteiger partial charge in [-0.3, -0.25) is 4.98 Å². The van der Waals surface area contributed by atoms with E-state index in [1.165, 1.54) is 64.2 Å². The predicted octanol–water partition coefficient (Wildman–Crippen LogP) is 8.54. The molecular formula is C28H43NO2. The Labute approximate surface area is 190 Å². The SMILES string of the molecule is CCCCCCCCOc1cccc(OCCCCCCCC)c1-c1ccc(C)nc1. The Morgan fingerprint density at radius 2 is 1.16 bits per heavy atom. The molecule has 0 amide bonds. The van der Waals surface area contributed by atoms with E-state index in [0.717, 1.165) is 54.4 Å². The van der Waals surface area contributed by atoms with E-state index < -0.39 is 0 Å². The van der Waals surface area contributed by atoms with Crippen molar-refractivity contribution in [3.05, 3.63) is 42.2 Å². The average molecular weight is 426 g/mol. The summed E-state index contributed by atoms with van der Waals surface area (Å²) in [7, 11) is 0. The summed E-state index contributed by atoms with van der Waals surface area (Å²) in [6.45, 7) is 8.03. The maximum Gasteiger partial charge on any atom is 0.130 e. The van der Waals surface area contributed by atoms with Crippen LogP contribution in [0.3, 0.4) is 0 Å². The average Bonchev–Trinajstić information content (AvgIpc) is 2.79. The minimum atomic E-state index is 0.749. The molecule has 0 saturated heterocycles. The summed E-state index contributed by atoms with van der Waals surface area (Å²) in [5.74, 6) is 1.80. The molecule has 1 aromatic carbocycles. The fourth-order valence-corrected chi connectivity index (χ4v) is 3.78. The highest BCUT2D eigenvalue weighted by atomic mass is 16.5. The van der Waals surface area contributed by atoms with Gasteiger partial charge in [-0.15, -0.1) is 0 Å². The summed E-state index contributed by atoms with van der Waals surface area (Å²) in [6.07, 6.45) is 17.1. The molecule has 0 atom stereocenters. The molecule has 0 aliphatic rings. The van der Waals surface area contributed by atoms with Gasteiger partial charge >= 0.3 is 0 Å². The second-order valence-electron chi connectivity index (χ2n) is 8.55. The highest BCUT2D eigenvalue weighted by Crippen LogP contribution is 2.38. The Bertz CT molecular complexity index is 675. The minimum absolute atomic E-state index is 0.749. The number of ether oxygens (including phenoxy) is 2. The summed E-state index contributed by atoms with van der Waals surface area (Å²) < 4.78 is 12.5. The van der Waals surface area contributed by atoms with Crippen molar-refractivity contribution < 1.29 is 9.47 Å². The van der Waals surface area contributed by atoms with E-state index in [2.05, 4.69) is 43.1 Å². The molecule has 172 valence electrons. The minimum Gasteiger partial charge on any atom is -0.493 e. The molecule has 2 aromatic rings. The first kappa shape index (κ1) is 25.2. The topological polar surface area (TPSA) is 31.4 Å². The summed E-state index contributed by atoms with van der Waals surface area (Å²) in [5, 5.41) is 0. The number of benzene rings is 1. The summed E-state index contributed by atoms with van der Waals surface area (Å²) in [4.78, 5) is 4.50. The number of pyridine rings is 1. The Hall–Kier alpha value is -2.03. The standard InChI is InChI=1S/C28H43NO2/c1-4-6-8-10-12-14-21-30-26-17-16-18-27(31-22-15-13-11-9-7-5-2)28(26)25-20-19-24(3)29-23-25/h16-20,23H,4-15,21-22H2,1-3H3. The Morgan fingerprint density at radius 1 is 0.645 bits per heavy atom. The largest absolute Gasteiger partial charge is 0.493 e. The van der Waals surface area contributed by atoms with Gasteiger partial charge in [-0.1, -0.05) is 90.2 Å². The highest BCUT2D eigenvalue weighted by Gasteiger charge is 2.14. The van der Waals surface area contributed by atoms with Gasteiger partial charge in [0, 0.05) is 17.5 Å². The zero-order chi connectivity index (χ0) is 22.2. The second kappa shape index (κ2) is 15.7. The summed E-state index contributed by atoms with van der Waals surface area (Å²) >= 11 is 0. The number of hydrogen-bond donors (Lipinski definition) is 0. The molecular weight excluding hydrogens is 382 g/mol. The van der Waals surface area contributed by atoms with E-state index in [1.54, 1.807) is 0 Å². The molecule has 2 rings (SSSR count). The predicted molar refractivity (Wildman–Crippen MR) is 132 cm³/mol. The molecule has 3 heteroatoms. The van der Waals surface area contributed by atoms with Crippen molar-refractivity contribution in [3.8, 4) is 22.6 Å². The van der Waals surface area contributed by atoms with Crippen LogP contribution >= 0.6 is 0 Å². The van der Waals surface area contributed by atoms with Crippen LogP contribution in [0.15, 0.2) is 36.5 Å². The fraction of sp³-hybridized carbons (Fsp3) is 0.607. The lowest BCUT2D eigenvalue weighted by Crippen LogP contribution is -2.03. The van der Waals surface area contributed by atoms with Crippen molar-refractivity contribution >= 4 is 0 Å². The van der Waals surface area contributed by atoms with Gasteiger partial charge in [0.25, 0.3) is 0 Å². The number of hydrogen-bond acceptors (Lipinski definition) is 3. The van der Waals surface area contributed by atoms with Crippen molar-refractivity contribution in [2.75, 3.05) is 13.2 Å². The maximum absolute atomic E-state index is 6.23. The molecule has 1 heterocycles. The summed E-state index contributed by atoms with van der Waals surface area (Å²) in [5.41, 5.74) is 3.11. The molecule has 3 nitrogen and oxygen atoms in total. The van der Waals surface area contributed by atoms with Crippen molar-refractivity contribution in [3.63, 3.8) is 0 Å². The van der Waals surface area contributed by atoms with Gasteiger partial charge in [-0.2, -0.15) is 0 Å². The third-order valence-corrected chi connectivity index (χ3v) is 5.70. The van der Waals surface area contributed by atoms with Crippen LogP contribution < -0.4 is 9.47 Å². The van der Waals surface area contributed by atoms with Crippen LogP contribution in [-0.2, 0) is 0 Å². The van der Waals surface area contributed by atoms with Crippen LogP contribution in [0, 0.1) is 6.92 Å². The van der Waals surface area contributed by atoms with Crippen LogP contribution in [0.1, 0.15) is 96.6 Å². The Balaban J connectivity index is 1.98. The van der Waals surface area contributed by atoms with Gasteiger partial charge < -0.3 is 9.47 Å². The molecule has 0 bridgehead atoms. The molecule has 0 saturated carbocycles. The highest BCUT2D eigenvalue weighted by molar-refractivity contribution is 5.76. The van der Waals surface area contributed by atoms with E-state index in [-0.39, 0.29) is 0 Å². The monoisotopic (exact) mass is 425 g/mol. The van der Waals surface area contributed by atoms with E-state index >= 15 is 0 Å². The number of aryl methyl sites for hydroxylation is 1. The number of nitrogens with zero attached hydrogens (tertiary/aromatic N) is 1. The second-order valence-corrected chi connectivity index (χ2v) is 8.55. The molecule has 0 aliphatic heterocycles. The first-order valence-corrected chi connectivity index (χ1v) is 12.6. The number of unbranched alkanes of at least 4 members (excludes halogenated alkanes) is 10. The van der Waals surface area contributed by atoms with Crippen molar-refractivity contribution in [1.29, 1.82) is 0 Å². The van der Waals surface area contributed by atoms with Gasteiger partial charge in [0.15, 0.2) is 0 Å². The molecule has 0 unspecified atom stereocenters. The van der Waals surface area contributed by atoms with E-state index in [4.69, 9.17) is 9.47 Å². The van der Waals surface area contributed by atoms with E-state index in [9.17, 15) is 0 Å². The zero-order valence-corrected chi connectivity index (χ0v) is 20.1. The number of aromatic nitrogens is 1. The lowest BCUT2D eigenvalue weighted by Gasteiger charge is -2.17. The van der Waals surface area contributed by atoms with Gasteiger partial charge in [-0.25, -0.2) is 0 Å². The van der Waals surface area contributed by atoms with E-state index in [1.807, 2.05) is 19.2 Å². The number of rotatable bonds is 17. The molecule has 0 radical (unpaired) electrons. The van der Waals surface area contributed by atoms with E-state index in [0.29, 0.717) is 0 Å². The maximum atomic E-state index is 6.23. The zero-order valence-electron chi connectivity index (χ0n) is 20.1. The third-order valence-electron chi connectivity index (χ3n) is 5.70. The van der Waals surface area contributed by atoms with Crippen LogP contribution in [0.25, 0.3) is 11.1 Å². The van der Waals surface area contributed by atoms with Gasteiger partial charge in [-0.05, 0) is 38.0 Å². The van der Waals surface area contributed by atoms with Gasteiger partial charge in [0.2, 0.25) is 0 Å². The van der Waals surface area contributed by atoms with Crippen molar-refractivity contribution in [1.82, 2.24) is 4.98 Å². The molecule has 0 aliphatic carbocycles. The summed E-state index contributed by atoms with van der Waals surface area (Å²) in [6, 6.07) is 10.3. The fourth-order valence-electron chi connectivity index (χ4n) is 3.78. The molecule has 0 N–H and O–H groups in total. The first-order chi connectivity index (χ1) is 15.3. The molecule has 1 aromatic heterocycles. The van der Waals surface area contributed by atoms with Crippen LogP contribution in [0.4, 0.5) is 0 Å². The molecule has 31 heavy (non-hydrogen) atoms. The van der Waals surface area contributed by atoms with Gasteiger partial charge in [0.05, 0.1) is 18.8 Å². The smallest absolute Gasteiger partial charge is 0.130 e. The van der Waals surface area contributed by atoms with Crippen molar-refractivity contribution in [2.24, 2.45) is 0 Å². The van der Waals surface area contributed by atoms with Crippen LogP contribution in [0.5, 0.6) is 11.5 Å². The van der Waals surface area contributed by atoms with Crippen LogP contribution in [0.2, 0.25) is 0 Å². The Kier molecular flexibility index (Phi) is 12.8. The first-order valence-electron chi connectivity index (χ1n) is 12.6. The normalized spacial score (nSPS) is 10.9. The molecule has 0 spiro atoms. The molecule has 0 fully saturated rings. The lowest BCUT2D eigenvalue weighted by atomic mass is 10.0. The lowest BCUT2D eigenvalue weighted by molar-refractivity contribution is 0.292. The van der Waals surface area contributed by atoms with Crippen molar-refractivity contribution in [2.45, 2.75) is 97.8 Å². The van der Waals surface area contributed by atoms with Crippen LogP contribution in [-0.4, -0.2) is 18.2 Å². The quantitative estimate of drug-likeness (QED) is 0.238. The third kappa shape index (κ3) is 9.76. The van der Waals surface area contributed by atoms with Gasteiger partial charge in [0.1, 0.15) is 11.5 Å².